The number of benzene rings is 2. The third kappa shape index (κ3) is 4.79. The molecule has 0 aliphatic carbocycles. The molecule has 170 valence electrons. The van der Waals surface area contributed by atoms with Gasteiger partial charge in [-0.1, -0.05) is 41.6 Å². The van der Waals surface area contributed by atoms with Crippen LogP contribution in [0.4, 0.5) is 0 Å². The smallest absolute Gasteiger partial charge is 0.247 e. The van der Waals surface area contributed by atoms with Crippen LogP contribution in [-0.2, 0) is 22.7 Å². The van der Waals surface area contributed by atoms with Crippen molar-refractivity contribution in [2.24, 2.45) is 0 Å². The van der Waals surface area contributed by atoms with E-state index in [4.69, 9.17) is 4.42 Å². The second-order valence-electron chi connectivity index (χ2n) is 8.19. The Labute approximate surface area is 192 Å². The van der Waals surface area contributed by atoms with Crippen molar-refractivity contribution in [3.63, 3.8) is 0 Å². The zero-order valence-electron chi connectivity index (χ0n) is 18.9. The van der Waals surface area contributed by atoms with Gasteiger partial charge in [0.2, 0.25) is 11.8 Å². The second kappa shape index (κ2) is 9.68. The summed E-state index contributed by atoms with van der Waals surface area (Å²) in [5, 5.41) is 11.2. The van der Waals surface area contributed by atoms with Crippen LogP contribution in [0.1, 0.15) is 36.8 Å². The zero-order chi connectivity index (χ0) is 23.4. The Bertz CT molecular complexity index is 1250. The van der Waals surface area contributed by atoms with E-state index in [1.165, 1.54) is 0 Å². The highest BCUT2D eigenvalue weighted by molar-refractivity contribution is 5.89. The third-order valence-corrected chi connectivity index (χ3v) is 5.58. The maximum absolute atomic E-state index is 13.6. The number of furan rings is 1. The predicted octanol–water partition coefficient (Wildman–Crippen LogP) is 3.63. The van der Waals surface area contributed by atoms with E-state index >= 15 is 0 Å². The second-order valence-corrected chi connectivity index (χ2v) is 8.19. The summed E-state index contributed by atoms with van der Waals surface area (Å²) in [5.74, 6) is 0.150. The van der Waals surface area contributed by atoms with Crippen LogP contribution in [0.25, 0.3) is 11.0 Å². The number of amides is 2. The molecule has 2 aromatic heterocycles. The van der Waals surface area contributed by atoms with Gasteiger partial charge in [0.15, 0.2) is 0 Å². The number of nitrogens with zero attached hydrogens (tertiary/aromatic N) is 4. The average Bonchev–Trinajstić information content (AvgIpc) is 3.46. The molecule has 2 amide bonds. The minimum absolute atomic E-state index is 0.0213. The van der Waals surface area contributed by atoms with Gasteiger partial charge in [0.05, 0.1) is 18.3 Å². The topological polar surface area (TPSA) is 93.3 Å². The summed E-state index contributed by atoms with van der Waals surface area (Å²) < 4.78 is 6.92. The van der Waals surface area contributed by atoms with Crippen LogP contribution in [0.3, 0.4) is 0 Å². The number of aryl methyl sites for hydroxylation is 1. The van der Waals surface area contributed by atoms with Crippen LogP contribution < -0.4 is 5.32 Å². The van der Waals surface area contributed by atoms with E-state index in [0.717, 1.165) is 16.6 Å². The molecule has 1 atom stereocenters. The van der Waals surface area contributed by atoms with Crippen LogP contribution in [0, 0.1) is 6.92 Å². The number of rotatable bonds is 8. The van der Waals surface area contributed by atoms with Crippen LogP contribution in [0.15, 0.2) is 71.3 Å². The molecule has 2 heterocycles. The van der Waals surface area contributed by atoms with E-state index in [1.54, 1.807) is 28.0 Å². The first-order valence-electron chi connectivity index (χ1n) is 10.9. The molecule has 0 spiro atoms. The zero-order valence-corrected chi connectivity index (χ0v) is 18.9. The van der Waals surface area contributed by atoms with Crippen LogP contribution in [-0.4, -0.2) is 37.7 Å². The maximum Gasteiger partial charge on any atom is 0.247 e. The largest absolute Gasteiger partial charge is 0.467 e. The quantitative estimate of drug-likeness (QED) is 0.447. The van der Waals surface area contributed by atoms with Crippen molar-refractivity contribution in [2.45, 2.75) is 45.9 Å². The van der Waals surface area contributed by atoms with Gasteiger partial charge in [-0.05, 0) is 56.2 Å². The highest BCUT2D eigenvalue weighted by Gasteiger charge is 2.34. The Balaban J connectivity index is 1.66. The molecule has 4 rings (SSSR count). The van der Waals surface area contributed by atoms with Gasteiger partial charge >= 0.3 is 0 Å². The summed E-state index contributed by atoms with van der Waals surface area (Å²) in [7, 11) is 0. The normalized spacial score (nSPS) is 12.1. The Morgan fingerprint density at radius 2 is 1.82 bits per heavy atom. The molecule has 0 saturated carbocycles. The van der Waals surface area contributed by atoms with Crippen molar-refractivity contribution >= 4 is 22.8 Å². The third-order valence-electron chi connectivity index (χ3n) is 5.58. The standard InChI is InChI=1S/C25H27N5O3/c1-17(2)30(23(31)16-29-22-13-7-6-12-21(22)27-28-29)24(20-11-5-4-9-18(20)3)25(32)26-15-19-10-8-14-33-19/h4-14,17,24H,15-16H2,1-3H3,(H,26,32). The average molecular weight is 446 g/mol. The van der Waals surface area contributed by atoms with Crippen LogP contribution >= 0.6 is 0 Å². The summed E-state index contributed by atoms with van der Waals surface area (Å²) >= 11 is 0. The SMILES string of the molecule is Cc1ccccc1C(C(=O)NCc1ccco1)N(C(=O)Cn1nnc2ccccc21)C(C)C. The molecule has 8 heteroatoms. The Kier molecular flexibility index (Phi) is 6.53. The van der Waals surface area contributed by atoms with Crippen molar-refractivity contribution < 1.29 is 14.0 Å². The van der Waals surface area contributed by atoms with Crippen molar-refractivity contribution in [1.82, 2.24) is 25.2 Å². The molecule has 0 bridgehead atoms. The lowest BCUT2D eigenvalue weighted by Gasteiger charge is -2.35. The lowest BCUT2D eigenvalue weighted by molar-refractivity contribution is -0.143. The summed E-state index contributed by atoms with van der Waals surface area (Å²) in [6.07, 6.45) is 1.56. The number of fused-ring (bicyclic) bond motifs is 1. The maximum atomic E-state index is 13.6. The minimum atomic E-state index is -0.802. The summed E-state index contributed by atoms with van der Waals surface area (Å²) in [4.78, 5) is 28.7. The van der Waals surface area contributed by atoms with Crippen molar-refractivity contribution in [3.05, 3.63) is 83.8 Å². The predicted molar refractivity (Wildman–Crippen MR) is 124 cm³/mol. The molecule has 1 N–H and O–H groups in total. The van der Waals surface area contributed by atoms with E-state index in [1.807, 2.05) is 69.3 Å². The highest BCUT2D eigenvalue weighted by Crippen LogP contribution is 2.27. The highest BCUT2D eigenvalue weighted by atomic mass is 16.3. The van der Waals surface area contributed by atoms with Crippen molar-refractivity contribution in [1.29, 1.82) is 0 Å². The molecule has 0 saturated heterocycles. The van der Waals surface area contributed by atoms with E-state index in [2.05, 4.69) is 15.6 Å². The first-order chi connectivity index (χ1) is 16.0. The lowest BCUT2D eigenvalue weighted by atomic mass is 9.97. The molecular formula is C25H27N5O3. The fraction of sp³-hybridized carbons (Fsp3) is 0.280. The van der Waals surface area contributed by atoms with Gasteiger partial charge in [0.1, 0.15) is 23.9 Å². The van der Waals surface area contributed by atoms with Gasteiger partial charge in [-0.25, -0.2) is 4.68 Å². The molecular weight excluding hydrogens is 418 g/mol. The number of nitrogens with one attached hydrogen (secondary N) is 1. The number of hydrogen-bond acceptors (Lipinski definition) is 5. The first kappa shape index (κ1) is 22.3. The van der Waals surface area contributed by atoms with Crippen molar-refractivity contribution in [2.75, 3.05) is 0 Å². The van der Waals surface area contributed by atoms with Gasteiger partial charge in [0.25, 0.3) is 0 Å². The fourth-order valence-corrected chi connectivity index (χ4v) is 3.97. The molecule has 8 nitrogen and oxygen atoms in total. The van der Waals surface area contributed by atoms with E-state index in [0.29, 0.717) is 11.3 Å². The molecule has 0 aliphatic rings. The Hall–Kier alpha value is -3.94. The van der Waals surface area contributed by atoms with E-state index < -0.39 is 6.04 Å². The molecule has 4 aromatic rings. The molecule has 0 radical (unpaired) electrons. The van der Waals surface area contributed by atoms with Gasteiger partial charge in [0, 0.05) is 6.04 Å². The first-order valence-corrected chi connectivity index (χ1v) is 10.9. The van der Waals surface area contributed by atoms with E-state index in [9.17, 15) is 9.59 Å². The van der Waals surface area contributed by atoms with Gasteiger partial charge in [-0.3, -0.25) is 9.59 Å². The number of para-hydroxylation sites is 1. The Morgan fingerprint density at radius 3 is 2.55 bits per heavy atom. The molecule has 0 aliphatic heterocycles. The number of carbonyl (C=O) groups excluding carboxylic acids is 2. The van der Waals surface area contributed by atoms with Crippen LogP contribution in [0.2, 0.25) is 0 Å². The van der Waals surface area contributed by atoms with Gasteiger partial charge in [-0.2, -0.15) is 0 Å². The summed E-state index contributed by atoms with van der Waals surface area (Å²) in [5.41, 5.74) is 3.19. The van der Waals surface area contributed by atoms with Crippen LogP contribution in [0.5, 0.6) is 0 Å². The molecule has 1 unspecified atom stereocenters. The van der Waals surface area contributed by atoms with Gasteiger partial charge in [-0.15, -0.1) is 5.10 Å². The lowest BCUT2D eigenvalue weighted by Crippen LogP contribution is -2.48. The molecule has 33 heavy (non-hydrogen) atoms. The van der Waals surface area contributed by atoms with Crippen molar-refractivity contribution in [3.8, 4) is 0 Å². The number of aromatic nitrogens is 3. The summed E-state index contributed by atoms with van der Waals surface area (Å²) in [6.45, 7) is 5.97. The van der Waals surface area contributed by atoms with E-state index in [-0.39, 0.29) is 30.9 Å². The minimum Gasteiger partial charge on any atom is -0.467 e. The monoisotopic (exact) mass is 445 g/mol. The fourth-order valence-electron chi connectivity index (χ4n) is 3.97. The summed E-state index contributed by atoms with van der Waals surface area (Å²) in [6, 6.07) is 17.6. The number of carbonyl (C=O) groups is 2. The molecule has 0 fully saturated rings. The van der Waals surface area contributed by atoms with Gasteiger partial charge < -0.3 is 14.6 Å². The number of hydrogen-bond donors (Lipinski definition) is 1. The Morgan fingerprint density at radius 1 is 1.06 bits per heavy atom. The molecule has 2 aromatic carbocycles.